The normalized spacial score (nSPS) is 12.8. The molecule has 0 saturated heterocycles. The molecule has 6 N–H and O–H groups in total. The molecule has 44 heavy (non-hydrogen) atoms. The first-order valence-corrected chi connectivity index (χ1v) is 13.7. The van der Waals surface area contributed by atoms with E-state index in [2.05, 4.69) is 10.6 Å². The summed E-state index contributed by atoms with van der Waals surface area (Å²) in [5.74, 6) is -3.51. The van der Waals surface area contributed by atoms with Crippen LogP contribution >= 0.6 is 22.6 Å². The number of nitrogens with two attached hydrogens (primary N) is 1. The number of nitrogens with zero attached hydrogens (tertiary/aromatic N) is 3. The minimum atomic E-state index is -5.08. The van der Waals surface area contributed by atoms with Crippen molar-refractivity contribution < 1.29 is 27.5 Å². The van der Waals surface area contributed by atoms with Gasteiger partial charge in [-0.2, -0.15) is 13.2 Å². The van der Waals surface area contributed by atoms with Gasteiger partial charge in [-0.05, 0) is 78.8 Å². The first-order valence-electron chi connectivity index (χ1n) is 12.7. The molecule has 4 aromatic rings. The van der Waals surface area contributed by atoms with E-state index in [1.165, 1.54) is 32.9 Å². The fraction of sp³-hybridized carbons (Fsp3) is 0.222. The summed E-state index contributed by atoms with van der Waals surface area (Å²) in [5.41, 5.74) is 5.12. The van der Waals surface area contributed by atoms with E-state index in [0.29, 0.717) is 27.8 Å². The molecule has 0 atom stereocenters. The maximum absolute atomic E-state index is 14.8. The SMILES string of the molecule is Cc1c(=O)n(C)c(Nc2ccc(I)cc2F)c2c(=O)n(C3CC3)c(=O)n(-c3cccc(NC(=N)N)c3)c12.O=C(O)C(F)(F)F. The van der Waals surface area contributed by atoms with E-state index in [1.807, 2.05) is 22.6 Å². The zero-order valence-electron chi connectivity index (χ0n) is 22.9. The van der Waals surface area contributed by atoms with Gasteiger partial charge >= 0.3 is 17.8 Å². The number of carboxylic acid groups (broad SMARTS) is 1. The lowest BCUT2D eigenvalue weighted by molar-refractivity contribution is -0.192. The third-order valence-corrected chi connectivity index (χ3v) is 7.24. The molecule has 1 aliphatic rings. The smallest absolute Gasteiger partial charge is 0.475 e. The number of rotatable bonds is 5. The quantitative estimate of drug-likeness (QED) is 0.0889. The molecule has 0 radical (unpaired) electrons. The number of pyridine rings is 1. The lowest BCUT2D eigenvalue weighted by Gasteiger charge is -2.21. The molecule has 232 valence electrons. The molecule has 2 aromatic heterocycles. The number of carboxylic acids is 1. The van der Waals surface area contributed by atoms with Crippen LogP contribution in [0.3, 0.4) is 0 Å². The van der Waals surface area contributed by atoms with Crippen LogP contribution in [0.15, 0.2) is 56.8 Å². The van der Waals surface area contributed by atoms with Crippen molar-refractivity contribution >= 4 is 62.6 Å². The van der Waals surface area contributed by atoms with Gasteiger partial charge < -0.3 is 21.5 Å². The Bertz CT molecular complexity index is 2000. The molecule has 0 aliphatic heterocycles. The van der Waals surface area contributed by atoms with Crippen molar-refractivity contribution in [2.45, 2.75) is 32.0 Å². The summed E-state index contributed by atoms with van der Waals surface area (Å²) in [6.07, 6.45) is -3.74. The first kappa shape index (κ1) is 32.2. The number of aromatic nitrogens is 3. The van der Waals surface area contributed by atoms with Crippen LogP contribution in [-0.4, -0.2) is 36.9 Å². The standard InChI is InChI=1S/C25H23FIN7O3.C2HF3O2/c1-12-20-19(21(32(2)22(12)35)31-18-9-6-13(27)10-17(18)26)23(36)34(15-7-8-15)25(37)33(20)16-5-3-4-14(11-16)30-24(28)29;3-2(4,5)1(6)7/h3-6,9-11,15,31H,7-8H2,1-2H3,(H4,28,29,30);(H,6,7). The average Bonchev–Trinajstić information content (AvgIpc) is 3.76. The van der Waals surface area contributed by atoms with Crippen LogP contribution in [-0.2, 0) is 11.8 Å². The van der Waals surface area contributed by atoms with Crippen molar-refractivity contribution in [1.29, 1.82) is 5.41 Å². The molecule has 0 spiro atoms. The number of halogens is 5. The van der Waals surface area contributed by atoms with E-state index in [1.54, 1.807) is 37.3 Å². The fourth-order valence-corrected chi connectivity index (χ4v) is 4.91. The summed E-state index contributed by atoms with van der Waals surface area (Å²) in [5, 5.41) is 20.4. The number of fused-ring (bicyclic) bond motifs is 1. The van der Waals surface area contributed by atoms with Gasteiger partial charge in [0.05, 0.1) is 16.9 Å². The van der Waals surface area contributed by atoms with E-state index in [4.69, 9.17) is 21.0 Å². The van der Waals surface area contributed by atoms with Crippen LogP contribution < -0.4 is 33.2 Å². The number of hydrogen-bond acceptors (Lipinski definition) is 6. The fourth-order valence-electron chi connectivity index (χ4n) is 4.45. The zero-order valence-corrected chi connectivity index (χ0v) is 25.1. The molecule has 0 amide bonds. The Morgan fingerprint density at radius 1 is 1.11 bits per heavy atom. The average molecular weight is 729 g/mol. The number of hydrogen-bond donors (Lipinski definition) is 5. The van der Waals surface area contributed by atoms with Gasteiger partial charge in [0, 0.05) is 27.9 Å². The molecular weight excluding hydrogens is 705 g/mol. The molecule has 1 fully saturated rings. The van der Waals surface area contributed by atoms with Gasteiger partial charge in [0.25, 0.3) is 11.1 Å². The molecule has 1 aliphatic carbocycles. The number of carbonyl (C=O) groups is 1. The highest BCUT2D eigenvalue weighted by Crippen LogP contribution is 2.34. The predicted octanol–water partition coefficient (Wildman–Crippen LogP) is 3.92. The van der Waals surface area contributed by atoms with Gasteiger partial charge in [-0.25, -0.2) is 14.0 Å². The maximum Gasteiger partial charge on any atom is 0.490 e. The summed E-state index contributed by atoms with van der Waals surface area (Å²) in [4.78, 5) is 49.8. The molecule has 1 saturated carbocycles. The summed E-state index contributed by atoms with van der Waals surface area (Å²) in [6, 6.07) is 10.9. The largest absolute Gasteiger partial charge is 0.490 e. The van der Waals surface area contributed by atoms with E-state index in [0.717, 1.165) is 0 Å². The lowest BCUT2D eigenvalue weighted by atomic mass is 10.1. The number of guanidine groups is 1. The summed E-state index contributed by atoms with van der Waals surface area (Å²) >= 11 is 1.99. The second kappa shape index (κ2) is 12.1. The van der Waals surface area contributed by atoms with E-state index in [-0.39, 0.29) is 40.0 Å². The Labute approximate surface area is 258 Å². The number of aliphatic carboxylic acids is 1. The molecule has 0 bridgehead atoms. The molecular formula is C27H24F4IN7O5. The van der Waals surface area contributed by atoms with Crippen molar-refractivity contribution in [3.8, 4) is 5.69 Å². The molecule has 5 rings (SSSR count). The highest BCUT2D eigenvalue weighted by Gasteiger charge is 2.38. The number of anilines is 3. The summed E-state index contributed by atoms with van der Waals surface area (Å²) in [6.45, 7) is 1.55. The van der Waals surface area contributed by atoms with E-state index >= 15 is 0 Å². The predicted molar refractivity (Wildman–Crippen MR) is 164 cm³/mol. The van der Waals surface area contributed by atoms with E-state index < -0.39 is 34.8 Å². The maximum atomic E-state index is 14.8. The third kappa shape index (κ3) is 6.46. The summed E-state index contributed by atoms with van der Waals surface area (Å²) in [7, 11) is 1.50. The second-order valence-electron chi connectivity index (χ2n) is 9.73. The Balaban J connectivity index is 0.000000566. The zero-order chi connectivity index (χ0) is 32.7. The van der Waals surface area contributed by atoms with Crippen LogP contribution in [0.5, 0.6) is 0 Å². The summed E-state index contributed by atoms with van der Waals surface area (Å²) < 4.78 is 51.0. The van der Waals surface area contributed by atoms with Gasteiger partial charge in [-0.1, -0.05) is 6.07 Å². The van der Waals surface area contributed by atoms with Crippen molar-refractivity contribution in [2.24, 2.45) is 12.8 Å². The van der Waals surface area contributed by atoms with Crippen molar-refractivity contribution in [3.63, 3.8) is 0 Å². The second-order valence-corrected chi connectivity index (χ2v) is 11.0. The Morgan fingerprint density at radius 2 is 1.75 bits per heavy atom. The number of alkyl halides is 3. The molecule has 17 heteroatoms. The van der Waals surface area contributed by atoms with E-state index in [9.17, 15) is 31.9 Å². The van der Waals surface area contributed by atoms with Crippen LogP contribution in [0.25, 0.3) is 16.6 Å². The van der Waals surface area contributed by atoms with Gasteiger partial charge in [-0.15, -0.1) is 0 Å². The molecule has 2 heterocycles. The number of nitrogens with one attached hydrogen (secondary N) is 3. The topological polar surface area (TPSA) is 177 Å². The van der Waals surface area contributed by atoms with Crippen LogP contribution in [0.4, 0.5) is 34.8 Å². The van der Waals surface area contributed by atoms with Crippen molar-refractivity contribution in [1.82, 2.24) is 13.7 Å². The Morgan fingerprint density at radius 3 is 2.30 bits per heavy atom. The van der Waals surface area contributed by atoms with Crippen LogP contribution in [0.1, 0.15) is 24.4 Å². The first-order chi connectivity index (χ1) is 20.5. The highest BCUT2D eigenvalue weighted by molar-refractivity contribution is 14.1. The van der Waals surface area contributed by atoms with Gasteiger partial charge in [-0.3, -0.25) is 28.7 Å². The number of benzene rings is 2. The van der Waals surface area contributed by atoms with Crippen LogP contribution in [0.2, 0.25) is 0 Å². The van der Waals surface area contributed by atoms with Gasteiger partial charge in [0.2, 0.25) is 0 Å². The third-order valence-electron chi connectivity index (χ3n) is 6.57. The van der Waals surface area contributed by atoms with Crippen LogP contribution in [0, 0.1) is 21.7 Å². The Kier molecular flexibility index (Phi) is 8.89. The van der Waals surface area contributed by atoms with Crippen molar-refractivity contribution in [2.75, 3.05) is 10.6 Å². The van der Waals surface area contributed by atoms with Crippen molar-refractivity contribution in [3.05, 3.63) is 88.6 Å². The monoisotopic (exact) mass is 729 g/mol. The number of aryl methyl sites for hydroxylation is 1. The minimum absolute atomic E-state index is 0.0804. The van der Waals surface area contributed by atoms with Gasteiger partial charge in [0.15, 0.2) is 5.96 Å². The lowest BCUT2D eigenvalue weighted by Crippen LogP contribution is -2.41. The minimum Gasteiger partial charge on any atom is -0.475 e. The van der Waals surface area contributed by atoms with Gasteiger partial charge in [0.1, 0.15) is 17.0 Å². The molecule has 0 unspecified atom stereocenters. The highest BCUT2D eigenvalue weighted by atomic mass is 127. The molecule has 12 nitrogen and oxygen atoms in total. The molecule has 2 aromatic carbocycles. The Hall–Kier alpha value is -4.68.